The fourth-order valence-corrected chi connectivity index (χ4v) is 1.19. The minimum absolute atomic E-state index is 0.190. The van der Waals surface area contributed by atoms with E-state index in [1.807, 2.05) is 0 Å². The zero-order valence-electron chi connectivity index (χ0n) is 9.55. The average molecular weight is 237 g/mol. The second-order valence-electron chi connectivity index (χ2n) is 3.57. The van der Waals surface area contributed by atoms with Gasteiger partial charge in [-0.1, -0.05) is 6.92 Å². The maximum Gasteiger partial charge on any atom is 0.248 e. The molecular formula is C12H15NO4. The zero-order chi connectivity index (χ0) is 12.8. The molecule has 1 unspecified atom stereocenters. The van der Waals surface area contributed by atoms with Crippen molar-refractivity contribution >= 4 is 11.7 Å². The summed E-state index contributed by atoms with van der Waals surface area (Å²) in [6, 6.07) is 6.12. The van der Waals surface area contributed by atoms with Crippen molar-refractivity contribution in [2.45, 2.75) is 19.4 Å². The third kappa shape index (κ3) is 3.88. The van der Waals surface area contributed by atoms with E-state index in [4.69, 9.17) is 10.5 Å². The van der Waals surface area contributed by atoms with E-state index < -0.39 is 12.0 Å². The van der Waals surface area contributed by atoms with Gasteiger partial charge in [-0.25, -0.2) is 0 Å². The SMILES string of the molecule is CCC(O)C(=O)COc1ccc(C(N)=O)cc1. The van der Waals surface area contributed by atoms with Crippen LogP contribution in [-0.4, -0.2) is 29.5 Å². The smallest absolute Gasteiger partial charge is 0.248 e. The quantitative estimate of drug-likeness (QED) is 0.754. The van der Waals surface area contributed by atoms with Crippen molar-refractivity contribution in [3.8, 4) is 5.75 Å². The predicted octanol–water partition coefficient (Wildman–Crippen LogP) is 0.504. The van der Waals surface area contributed by atoms with Crippen LogP contribution in [0.5, 0.6) is 5.75 Å². The Hall–Kier alpha value is -1.88. The molecule has 0 saturated heterocycles. The molecule has 0 fully saturated rings. The van der Waals surface area contributed by atoms with Gasteiger partial charge in [0, 0.05) is 5.56 Å². The molecule has 0 aliphatic carbocycles. The Morgan fingerprint density at radius 2 is 1.94 bits per heavy atom. The van der Waals surface area contributed by atoms with Crippen molar-refractivity contribution < 1.29 is 19.4 Å². The van der Waals surface area contributed by atoms with Gasteiger partial charge in [-0.15, -0.1) is 0 Å². The maximum atomic E-state index is 11.3. The van der Waals surface area contributed by atoms with Crippen LogP contribution in [0.4, 0.5) is 0 Å². The summed E-state index contributed by atoms with van der Waals surface area (Å²) >= 11 is 0. The highest BCUT2D eigenvalue weighted by molar-refractivity contribution is 5.92. The first kappa shape index (κ1) is 13.2. The van der Waals surface area contributed by atoms with Gasteiger partial charge in [0.2, 0.25) is 5.91 Å². The van der Waals surface area contributed by atoms with E-state index in [1.165, 1.54) is 12.1 Å². The number of benzene rings is 1. The van der Waals surface area contributed by atoms with Crippen molar-refractivity contribution in [3.05, 3.63) is 29.8 Å². The zero-order valence-corrected chi connectivity index (χ0v) is 9.55. The molecule has 1 amide bonds. The summed E-state index contributed by atoms with van der Waals surface area (Å²) in [6.07, 6.45) is -0.622. The normalized spacial score (nSPS) is 11.9. The van der Waals surface area contributed by atoms with Gasteiger partial charge in [0.25, 0.3) is 0 Å². The van der Waals surface area contributed by atoms with E-state index in [2.05, 4.69) is 0 Å². The summed E-state index contributed by atoms with van der Waals surface area (Å²) in [5.74, 6) is -0.438. The number of rotatable bonds is 6. The number of aliphatic hydroxyl groups is 1. The first-order valence-corrected chi connectivity index (χ1v) is 5.28. The minimum atomic E-state index is -0.986. The molecule has 5 nitrogen and oxygen atoms in total. The number of Topliss-reactive ketones (excluding diaryl/α,β-unsaturated/α-hetero) is 1. The number of hydrogen-bond acceptors (Lipinski definition) is 4. The highest BCUT2D eigenvalue weighted by Crippen LogP contribution is 2.12. The number of aliphatic hydroxyl groups excluding tert-OH is 1. The first-order chi connectivity index (χ1) is 8.04. The highest BCUT2D eigenvalue weighted by atomic mass is 16.5. The van der Waals surface area contributed by atoms with Gasteiger partial charge in [0.15, 0.2) is 5.78 Å². The van der Waals surface area contributed by atoms with E-state index in [1.54, 1.807) is 19.1 Å². The summed E-state index contributed by atoms with van der Waals surface area (Å²) in [4.78, 5) is 22.1. The summed E-state index contributed by atoms with van der Waals surface area (Å²) in [5, 5.41) is 9.23. The molecule has 0 radical (unpaired) electrons. The number of ketones is 1. The molecule has 0 aliphatic heterocycles. The lowest BCUT2D eigenvalue weighted by atomic mass is 10.2. The number of ether oxygens (including phenoxy) is 1. The molecule has 0 aromatic heterocycles. The number of carbonyl (C=O) groups excluding carboxylic acids is 2. The molecule has 1 aromatic rings. The Balaban J connectivity index is 2.53. The van der Waals surface area contributed by atoms with Gasteiger partial charge in [-0.3, -0.25) is 9.59 Å². The molecule has 92 valence electrons. The molecule has 5 heteroatoms. The highest BCUT2D eigenvalue weighted by Gasteiger charge is 2.13. The van der Waals surface area contributed by atoms with E-state index in [0.717, 1.165) is 0 Å². The van der Waals surface area contributed by atoms with Crippen LogP contribution in [0.3, 0.4) is 0 Å². The van der Waals surface area contributed by atoms with Crippen molar-refractivity contribution in [2.24, 2.45) is 5.73 Å². The van der Waals surface area contributed by atoms with Gasteiger partial charge >= 0.3 is 0 Å². The van der Waals surface area contributed by atoms with Crippen LogP contribution >= 0.6 is 0 Å². The van der Waals surface area contributed by atoms with E-state index in [9.17, 15) is 14.7 Å². The molecule has 1 aromatic carbocycles. The molecule has 0 heterocycles. The summed E-state index contributed by atoms with van der Waals surface area (Å²) in [6.45, 7) is 1.52. The fraction of sp³-hybridized carbons (Fsp3) is 0.333. The lowest BCUT2D eigenvalue weighted by molar-refractivity contribution is -0.129. The van der Waals surface area contributed by atoms with Gasteiger partial charge in [-0.2, -0.15) is 0 Å². The second kappa shape index (κ2) is 6.00. The van der Waals surface area contributed by atoms with Crippen molar-refractivity contribution in [3.63, 3.8) is 0 Å². The van der Waals surface area contributed by atoms with Crippen LogP contribution in [0.25, 0.3) is 0 Å². The van der Waals surface area contributed by atoms with Crippen LogP contribution in [0.15, 0.2) is 24.3 Å². The summed E-state index contributed by atoms with van der Waals surface area (Å²) in [7, 11) is 0. The molecular weight excluding hydrogens is 222 g/mol. The van der Waals surface area contributed by atoms with Crippen LogP contribution < -0.4 is 10.5 Å². The number of primary amides is 1. The Labute approximate surface area is 99.2 Å². The van der Waals surface area contributed by atoms with E-state index in [-0.39, 0.29) is 12.4 Å². The number of amides is 1. The second-order valence-corrected chi connectivity index (χ2v) is 3.57. The molecule has 1 atom stereocenters. The van der Waals surface area contributed by atoms with Gasteiger partial charge in [0.05, 0.1) is 0 Å². The van der Waals surface area contributed by atoms with Crippen LogP contribution in [-0.2, 0) is 4.79 Å². The molecule has 17 heavy (non-hydrogen) atoms. The molecule has 0 aliphatic rings. The Kier molecular flexibility index (Phi) is 4.66. The molecule has 1 rings (SSSR count). The summed E-state index contributed by atoms with van der Waals surface area (Å²) < 4.78 is 5.16. The Bertz CT molecular complexity index is 399. The number of hydrogen-bond donors (Lipinski definition) is 2. The molecule has 0 saturated carbocycles. The third-order valence-corrected chi connectivity index (χ3v) is 2.28. The van der Waals surface area contributed by atoms with Crippen LogP contribution in [0, 0.1) is 0 Å². The lowest BCUT2D eigenvalue weighted by Crippen LogP contribution is -2.25. The lowest BCUT2D eigenvalue weighted by Gasteiger charge is -2.08. The van der Waals surface area contributed by atoms with Gasteiger partial charge < -0.3 is 15.6 Å². The first-order valence-electron chi connectivity index (χ1n) is 5.28. The van der Waals surface area contributed by atoms with Crippen molar-refractivity contribution in [1.29, 1.82) is 0 Å². The van der Waals surface area contributed by atoms with Crippen molar-refractivity contribution in [1.82, 2.24) is 0 Å². The standard InChI is InChI=1S/C12H15NO4/c1-2-10(14)11(15)7-17-9-5-3-8(4-6-9)12(13)16/h3-6,10,14H,2,7H2,1H3,(H2,13,16). The van der Waals surface area contributed by atoms with Gasteiger partial charge in [-0.05, 0) is 30.7 Å². The monoisotopic (exact) mass is 237 g/mol. The molecule has 3 N–H and O–H groups in total. The topological polar surface area (TPSA) is 89.6 Å². The van der Waals surface area contributed by atoms with Crippen LogP contribution in [0.1, 0.15) is 23.7 Å². The summed E-state index contributed by atoms with van der Waals surface area (Å²) in [5.41, 5.74) is 5.45. The molecule has 0 spiro atoms. The average Bonchev–Trinajstić information content (AvgIpc) is 2.35. The van der Waals surface area contributed by atoms with Crippen LogP contribution in [0.2, 0.25) is 0 Å². The fourth-order valence-electron chi connectivity index (χ4n) is 1.19. The van der Waals surface area contributed by atoms with Crippen molar-refractivity contribution in [2.75, 3.05) is 6.61 Å². The van der Waals surface area contributed by atoms with Gasteiger partial charge in [0.1, 0.15) is 18.5 Å². The predicted molar refractivity (Wildman–Crippen MR) is 61.8 cm³/mol. The van der Waals surface area contributed by atoms with E-state index in [0.29, 0.717) is 17.7 Å². The largest absolute Gasteiger partial charge is 0.486 e. The molecule has 0 bridgehead atoms. The Morgan fingerprint density at radius 1 is 1.35 bits per heavy atom. The minimum Gasteiger partial charge on any atom is -0.486 e. The van der Waals surface area contributed by atoms with E-state index >= 15 is 0 Å². The maximum absolute atomic E-state index is 11.3. The number of carbonyl (C=O) groups is 2. The number of nitrogens with two attached hydrogens (primary N) is 1. The Morgan fingerprint density at radius 3 is 2.41 bits per heavy atom. The third-order valence-electron chi connectivity index (χ3n) is 2.28.